The van der Waals surface area contributed by atoms with Crippen molar-refractivity contribution in [1.82, 2.24) is 15.4 Å². The van der Waals surface area contributed by atoms with Crippen LogP contribution in [0.2, 0.25) is 0 Å². The largest absolute Gasteiger partial charge is 0.368 e. The van der Waals surface area contributed by atoms with Crippen LogP contribution in [-0.4, -0.2) is 39.5 Å². The van der Waals surface area contributed by atoms with E-state index in [0.29, 0.717) is 18.9 Å². The van der Waals surface area contributed by atoms with Gasteiger partial charge in [-0.3, -0.25) is 4.79 Å². The molecule has 3 aromatic rings. The van der Waals surface area contributed by atoms with E-state index in [-0.39, 0.29) is 12.2 Å². The number of Topliss-reactive ketones (excluding diaryl/α,β-unsaturated/α-hetero) is 1. The maximum atomic E-state index is 11.9. The Bertz CT molecular complexity index is 918. The van der Waals surface area contributed by atoms with Gasteiger partial charge in [-0.1, -0.05) is 60.7 Å². The Kier molecular flexibility index (Phi) is 6.63. The fraction of sp³-hybridized carbons (Fsp3) is 0.348. The van der Waals surface area contributed by atoms with Crippen LogP contribution in [-0.2, 0) is 32.2 Å². The number of aromatic amines is 1. The Morgan fingerprint density at radius 1 is 0.967 bits per heavy atom. The molecule has 4 atom stereocenters. The molecule has 7 nitrogen and oxygen atoms in total. The van der Waals surface area contributed by atoms with Crippen LogP contribution >= 0.6 is 0 Å². The summed E-state index contributed by atoms with van der Waals surface area (Å²) in [6.45, 7) is 2.36. The Morgan fingerprint density at radius 3 is 2.10 bits per heavy atom. The number of benzene rings is 2. The highest BCUT2D eigenvalue weighted by atomic mass is 16.6. The maximum absolute atomic E-state index is 11.9. The zero-order chi connectivity index (χ0) is 20.8. The smallest absolute Gasteiger partial charge is 0.132 e. The summed E-state index contributed by atoms with van der Waals surface area (Å²) in [5, 5.41) is 10.7. The molecule has 1 saturated heterocycles. The highest BCUT2D eigenvalue weighted by Gasteiger charge is 2.48. The second-order valence-corrected chi connectivity index (χ2v) is 7.42. The lowest BCUT2D eigenvalue weighted by Gasteiger charge is -2.24. The van der Waals surface area contributed by atoms with Gasteiger partial charge in [-0.25, -0.2) is 0 Å². The number of hydrogen-bond donors (Lipinski definition) is 1. The molecule has 0 amide bonds. The highest BCUT2D eigenvalue weighted by Crippen LogP contribution is 2.38. The van der Waals surface area contributed by atoms with Crippen molar-refractivity contribution in [1.29, 1.82) is 0 Å². The van der Waals surface area contributed by atoms with E-state index in [1.165, 1.54) is 0 Å². The summed E-state index contributed by atoms with van der Waals surface area (Å²) in [6.07, 6.45) is 0.126. The van der Waals surface area contributed by atoms with Gasteiger partial charge in [0.25, 0.3) is 0 Å². The molecule has 0 saturated carbocycles. The molecule has 1 N–H and O–H groups in total. The number of rotatable bonds is 9. The molecular weight excluding hydrogens is 382 g/mol. The summed E-state index contributed by atoms with van der Waals surface area (Å²) in [4.78, 5) is 11.9. The fourth-order valence-corrected chi connectivity index (χ4v) is 3.68. The summed E-state index contributed by atoms with van der Waals surface area (Å²) in [5.41, 5.74) is 2.73. The van der Waals surface area contributed by atoms with E-state index in [0.717, 1.165) is 11.1 Å². The van der Waals surface area contributed by atoms with Crippen molar-refractivity contribution in [2.45, 2.75) is 51.0 Å². The zero-order valence-electron chi connectivity index (χ0n) is 16.8. The van der Waals surface area contributed by atoms with E-state index >= 15 is 0 Å². The third-order valence-corrected chi connectivity index (χ3v) is 5.09. The van der Waals surface area contributed by atoms with Gasteiger partial charge in [0.15, 0.2) is 0 Å². The molecule has 0 unspecified atom stereocenters. The van der Waals surface area contributed by atoms with Crippen LogP contribution in [0, 0.1) is 0 Å². The average molecular weight is 407 g/mol. The first-order valence-electron chi connectivity index (χ1n) is 10.0. The van der Waals surface area contributed by atoms with E-state index < -0.39 is 24.4 Å². The van der Waals surface area contributed by atoms with Gasteiger partial charge in [-0.05, 0) is 18.1 Å². The average Bonchev–Trinajstić information content (AvgIpc) is 3.40. The van der Waals surface area contributed by atoms with Gasteiger partial charge in [-0.2, -0.15) is 15.4 Å². The SMILES string of the molecule is CC(=O)C[C@H]1O[C@@H](c2cn[nH]n2)[C@H](OCc2ccccc2)[C@H]1OCc1ccccc1. The standard InChI is InChI=1S/C23H25N3O4/c1-16(27)12-20-22(28-14-17-8-4-2-5-9-17)23(21(30-20)19-13-24-26-25-19)29-15-18-10-6-3-7-11-18/h2-11,13,20-23H,12,14-15H2,1H3,(H,24,25,26)/t20-,21+,22+,23+/m1/s1. The van der Waals surface area contributed by atoms with Crippen molar-refractivity contribution in [2.24, 2.45) is 0 Å². The maximum Gasteiger partial charge on any atom is 0.132 e. The van der Waals surface area contributed by atoms with Crippen molar-refractivity contribution in [2.75, 3.05) is 0 Å². The van der Waals surface area contributed by atoms with Crippen LogP contribution in [0.4, 0.5) is 0 Å². The van der Waals surface area contributed by atoms with Gasteiger partial charge < -0.3 is 14.2 Å². The monoisotopic (exact) mass is 407 g/mol. The number of ketones is 1. The van der Waals surface area contributed by atoms with Crippen molar-refractivity contribution < 1.29 is 19.0 Å². The molecule has 0 aliphatic carbocycles. The minimum absolute atomic E-state index is 0.0379. The summed E-state index contributed by atoms with van der Waals surface area (Å²) >= 11 is 0. The Morgan fingerprint density at radius 2 is 1.57 bits per heavy atom. The van der Waals surface area contributed by atoms with Gasteiger partial charge in [0, 0.05) is 6.42 Å². The summed E-state index contributed by atoms with van der Waals surface area (Å²) in [5.74, 6) is 0.0379. The van der Waals surface area contributed by atoms with E-state index in [4.69, 9.17) is 14.2 Å². The first-order valence-corrected chi connectivity index (χ1v) is 10.0. The molecule has 156 valence electrons. The van der Waals surface area contributed by atoms with Crippen molar-refractivity contribution in [3.05, 3.63) is 83.7 Å². The number of hydrogen-bond acceptors (Lipinski definition) is 6. The van der Waals surface area contributed by atoms with Crippen molar-refractivity contribution in [3.63, 3.8) is 0 Å². The van der Waals surface area contributed by atoms with Crippen molar-refractivity contribution >= 4 is 5.78 Å². The van der Waals surface area contributed by atoms with E-state index in [1.54, 1.807) is 13.1 Å². The summed E-state index contributed by atoms with van der Waals surface area (Å²) < 4.78 is 18.8. The predicted molar refractivity (Wildman–Crippen MR) is 109 cm³/mol. The normalized spacial score (nSPS) is 23.5. The Hall–Kier alpha value is -2.87. The Labute approximate surface area is 175 Å². The molecule has 0 spiro atoms. The molecule has 2 aromatic carbocycles. The van der Waals surface area contributed by atoms with E-state index in [2.05, 4.69) is 15.4 Å². The second kappa shape index (κ2) is 9.75. The zero-order valence-corrected chi connectivity index (χ0v) is 16.8. The molecule has 1 aliphatic heterocycles. The van der Waals surface area contributed by atoms with Crippen LogP contribution in [0.25, 0.3) is 0 Å². The van der Waals surface area contributed by atoms with Crippen LogP contribution in [0.15, 0.2) is 66.9 Å². The molecule has 7 heteroatoms. The summed E-state index contributed by atoms with van der Waals surface area (Å²) in [7, 11) is 0. The lowest BCUT2D eigenvalue weighted by molar-refractivity contribution is -0.122. The van der Waals surface area contributed by atoms with Crippen LogP contribution in [0.5, 0.6) is 0 Å². The number of carbonyl (C=O) groups is 1. The van der Waals surface area contributed by atoms with E-state index in [1.807, 2.05) is 60.7 Å². The van der Waals surface area contributed by atoms with Crippen LogP contribution in [0.3, 0.4) is 0 Å². The lowest BCUT2D eigenvalue weighted by Crippen LogP contribution is -2.36. The molecule has 1 aromatic heterocycles. The highest BCUT2D eigenvalue weighted by molar-refractivity contribution is 5.76. The van der Waals surface area contributed by atoms with Gasteiger partial charge >= 0.3 is 0 Å². The molecule has 1 fully saturated rings. The van der Waals surface area contributed by atoms with E-state index in [9.17, 15) is 4.79 Å². The molecule has 2 heterocycles. The number of nitrogens with zero attached hydrogens (tertiary/aromatic N) is 2. The minimum Gasteiger partial charge on any atom is -0.368 e. The second-order valence-electron chi connectivity index (χ2n) is 7.42. The van der Waals surface area contributed by atoms with Crippen LogP contribution < -0.4 is 0 Å². The molecule has 0 bridgehead atoms. The van der Waals surface area contributed by atoms with Gasteiger partial charge in [0.1, 0.15) is 29.8 Å². The molecule has 0 radical (unpaired) electrons. The molecular formula is C23H25N3O4. The number of H-pyrrole nitrogens is 1. The summed E-state index contributed by atoms with van der Waals surface area (Å²) in [6, 6.07) is 19.8. The lowest BCUT2D eigenvalue weighted by atomic mass is 10.0. The first-order chi connectivity index (χ1) is 14.7. The third-order valence-electron chi connectivity index (χ3n) is 5.09. The molecule has 4 rings (SSSR count). The Balaban J connectivity index is 1.56. The quantitative estimate of drug-likeness (QED) is 0.585. The van der Waals surface area contributed by atoms with Gasteiger partial charge in [0.05, 0.1) is 25.5 Å². The third kappa shape index (κ3) is 4.99. The number of aromatic nitrogens is 3. The number of nitrogens with one attached hydrogen (secondary N) is 1. The topological polar surface area (TPSA) is 86.3 Å². The molecule has 30 heavy (non-hydrogen) atoms. The first kappa shape index (κ1) is 20.4. The predicted octanol–water partition coefficient (Wildman–Crippen LogP) is 3.39. The van der Waals surface area contributed by atoms with Gasteiger partial charge in [0.2, 0.25) is 0 Å². The number of ether oxygens (including phenoxy) is 3. The van der Waals surface area contributed by atoms with Gasteiger partial charge in [-0.15, -0.1) is 0 Å². The van der Waals surface area contributed by atoms with Crippen LogP contribution in [0.1, 0.15) is 36.3 Å². The minimum atomic E-state index is -0.474. The fourth-order valence-electron chi connectivity index (χ4n) is 3.68. The number of carbonyl (C=O) groups excluding carboxylic acids is 1. The van der Waals surface area contributed by atoms with Crippen molar-refractivity contribution in [3.8, 4) is 0 Å². The molecule has 1 aliphatic rings.